The summed E-state index contributed by atoms with van der Waals surface area (Å²) in [4.78, 5) is 58.0. The Kier molecular flexibility index (Phi) is 11.1. The number of Topliss-reactive ketones (excluding diaryl/α,β-unsaturated/α-hetero) is 1. The van der Waals surface area contributed by atoms with Crippen LogP contribution < -0.4 is 0 Å². The van der Waals surface area contributed by atoms with Gasteiger partial charge < -0.3 is 14.0 Å². The summed E-state index contributed by atoms with van der Waals surface area (Å²) in [6.45, 7) is 10.9. The van der Waals surface area contributed by atoms with Crippen molar-refractivity contribution in [2.75, 3.05) is 0 Å². The fraction of sp³-hybridized carbons (Fsp3) is 0.212. The highest BCUT2D eigenvalue weighted by atomic mass is 16.7. The molecule has 8 rings (SSSR count). The largest absolute Gasteiger partial charge is 0.341 e. The highest BCUT2D eigenvalue weighted by molar-refractivity contribution is 6.17. The predicted molar refractivity (Wildman–Crippen MR) is 241 cm³/mol. The van der Waals surface area contributed by atoms with Crippen molar-refractivity contribution in [2.24, 2.45) is 5.16 Å². The molecular weight excluding hydrogens is 747 g/mol. The Morgan fingerprint density at radius 3 is 1.37 bits per heavy atom. The standard InChI is InChI=1S/C52H47N3O5/c1-6-54-46-24-20-35(28-41(46)43-30-37(22-26-48(43)54)51(58)39-16-10-8-14-32(39)3)45(53-60-34(5)56)18-12-13-19-50(57)36-21-25-47-42(29-36)44-31-38(23-27-49(44)55(47)7-2)52(59)40-17-11-9-15-33(40)4/h8-11,14-17,20-31H,6-7,12-13,18-19H2,1-5H3/b53-45+. The molecule has 0 bridgehead atoms. The number of benzene rings is 6. The van der Waals surface area contributed by atoms with Gasteiger partial charge in [-0.1, -0.05) is 59.8 Å². The van der Waals surface area contributed by atoms with Gasteiger partial charge in [0.25, 0.3) is 0 Å². The van der Waals surface area contributed by atoms with E-state index in [1.54, 1.807) is 0 Å². The number of aromatic nitrogens is 2. The van der Waals surface area contributed by atoms with Crippen LogP contribution >= 0.6 is 0 Å². The summed E-state index contributed by atoms with van der Waals surface area (Å²) in [5, 5.41) is 8.11. The van der Waals surface area contributed by atoms with Gasteiger partial charge in [0.1, 0.15) is 0 Å². The average molecular weight is 794 g/mol. The van der Waals surface area contributed by atoms with Crippen molar-refractivity contribution >= 4 is 72.6 Å². The number of carbonyl (C=O) groups is 4. The summed E-state index contributed by atoms with van der Waals surface area (Å²) in [5.74, 6) is -0.535. The van der Waals surface area contributed by atoms with E-state index in [4.69, 9.17) is 4.84 Å². The van der Waals surface area contributed by atoms with Gasteiger partial charge in [-0.05, 0) is 125 Å². The zero-order valence-corrected chi connectivity index (χ0v) is 34.7. The lowest BCUT2D eigenvalue weighted by molar-refractivity contribution is -0.140. The number of hydrogen-bond acceptors (Lipinski definition) is 6. The maximum atomic E-state index is 13.7. The van der Waals surface area contributed by atoms with Gasteiger partial charge in [-0.3, -0.25) is 14.4 Å². The van der Waals surface area contributed by atoms with E-state index >= 15 is 0 Å². The van der Waals surface area contributed by atoms with Crippen LogP contribution in [0.4, 0.5) is 0 Å². The summed E-state index contributed by atoms with van der Waals surface area (Å²) in [6.07, 6.45) is 2.05. The molecule has 0 aliphatic heterocycles. The second-order valence-electron chi connectivity index (χ2n) is 15.5. The summed E-state index contributed by atoms with van der Waals surface area (Å²) < 4.78 is 4.44. The number of oxime groups is 1. The molecule has 0 amide bonds. The topological polar surface area (TPSA) is 99.7 Å². The van der Waals surface area contributed by atoms with Crippen LogP contribution in [0.25, 0.3) is 43.6 Å². The van der Waals surface area contributed by atoms with Gasteiger partial charge in [-0.25, -0.2) is 4.79 Å². The first-order valence-corrected chi connectivity index (χ1v) is 20.7. The Morgan fingerprint density at radius 2 is 0.917 bits per heavy atom. The summed E-state index contributed by atoms with van der Waals surface area (Å²) in [6, 6.07) is 38.9. The van der Waals surface area contributed by atoms with Crippen molar-refractivity contribution in [3.63, 3.8) is 0 Å². The first kappa shape index (κ1) is 39.9. The lowest BCUT2D eigenvalue weighted by atomic mass is 9.96. The van der Waals surface area contributed by atoms with Gasteiger partial charge in [0.05, 0.1) is 5.71 Å². The van der Waals surface area contributed by atoms with E-state index in [1.165, 1.54) is 6.92 Å². The minimum atomic E-state index is -0.516. The summed E-state index contributed by atoms with van der Waals surface area (Å²) in [5.41, 5.74) is 10.6. The number of rotatable bonds is 14. The molecule has 0 N–H and O–H groups in total. The molecule has 0 saturated heterocycles. The first-order valence-electron chi connectivity index (χ1n) is 20.7. The lowest BCUT2D eigenvalue weighted by Crippen LogP contribution is -2.06. The zero-order chi connectivity index (χ0) is 42.1. The molecule has 0 unspecified atom stereocenters. The molecule has 8 aromatic rings. The van der Waals surface area contributed by atoms with Gasteiger partial charge in [0, 0.05) is 103 Å². The molecule has 0 saturated carbocycles. The number of ketones is 3. The Hall–Kier alpha value is -6.93. The van der Waals surface area contributed by atoms with Gasteiger partial charge in [0.15, 0.2) is 17.3 Å². The molecule has 0 radical (unpaired) electrons. The van der Waals surface area contributed by atoms with Gasteiger partial charge >= 0.3 is 5.97 Å². The highest BCUT2D eigenvalue weighted by Crippen LogP contribution is 2.34. The summed E-state index contributed by atoms with van der Waals surface area (Å²) >= 11 is 0. The molecule has 6 aromatic carbocycles. The van der Waals surface area contributed by atoms with Crippen molar-refractivity contribution in [3.8, 4) is 0 Å². The van der Waals surface area contributed by atoms with Crippen LogP contribution in [0.2, 0.25) is 0 Å². The molecule has 0 spiro atoms. The van der Waals surface area contributed by atoms with Gasteiger partial charge in [-0.15, -0.1) is 0 Å². The predicted octanol–water partition coefficient (Wildman–Crippen LogP) is 11.7. The molecule has 60 heavy (non-hydrogen) atoms. The van der Waals surface area contributed by atoms with Gasteiger partial charge in [0.2, 0.25) is 0 Å². The third kappa shape index (κ3) is 7.45. The van der Waals surface area contributed by atoms with Crippen molar-refractivity contribution in [1.82, 2.24) is 9.13 Å². The van der Waals surface area contributed by atoms with E-state index in [1.807, 2.05) is 123 Å². The number of hydrogen-bond donors (Lipinski definition) is 0. The molecule has 0 atom stereocenters. The smallest absolute Gasteiger partial charge is 0.331 e. The van der Waals surface area contributed by atoms with E-state index in [-0.39, 0.29) is 17.3 Å². The second-order valence-corrected chi connectivity index (χ2v) is 15.5. The van der Waals surface area contributed by atoms with Crippen LogP contribution in [0.1, 0.15) is 105 Å². The lowest BCUT2D eigenvalue weighted by Gasteiger charge is -2.08. The van der Waals surface area contributed by atoms with Crippen molar-refractivity contribution in [3.05, 3.63) is 166 Å². The molecule has 300 valence electrons. The maximum absolute atomic E-state index is 13.7. The van der Waals surface area contributed by atoms with Crippen LogP contribution in [0.15, 0.2) is 126 Å². The minimum Gasteiger partial charge on any atom is -0.341 e. The quantitative estimate of drug-likeness (QED) is 0.0359. The van der Waals surface area contributed by atoms with Crippen molar-refractivity contribution in [2.45, 2.75) is 73.4 Å². The Morgan fingerprint density at radius 1 is 0.517 bits per heavy atom. The fourth-order valence-corrected chi connectivity index (χ4v) is 8.58. The van der Waals surface area contributed by atoms with E-state index < -0.39 is 5.97 Å². The molecule has 0 aliphatic rings. The van der Waals surface area contributed by atoms with Crippen LogP contribution in [-0.2, 0) is 22.7 Å². The Bertz CT molecular complexity index is 3050. The molecule has 0 aliphatic carbocycles. The third-order valence-electron chi connectivity index (χ3n) is 11.7. The van der Waals surface area contributed by atoms with Crippen LogP contribution in [-0.4, -0.2) is 38.2 Å². The molecule has 0 fully saturated rings. The number of fused-ring (bicyclic) bond motifs is 6. The summed E-state index contributed by atoms with van der Waals surface area (Å²) in [7, 11) is 0. The normalized spacial score (nSPS) is 11.8. The minimum absolute atomic E-state index is 0.0246. The van der Waals surface area contributed by atoms with Crippen LogP contribution in [0, 0.1) is 13.8 Å². The molecule has 2 aromatic heterocycles. The number of carbonyl (C=O) groups excluding carboxylic acids is 4. The van der Waals surface area contributed by atoms with E-state index in [0.717, 1.165) is 73.4 Å². The number of unbranched alkanes of at least 4 members (excludes halogenated alkanes) is 1. The molecule has 2 heterocycles. The SMILES string of the molecule is CCn1c2ccc(C(=O)CCCC/C(=N\OC(C)=O)c3ccc4c(c3)c3cc(C(=O)c5ccccc5C)ccc3n4CC)cc2c2cc(C(=O)c3ccccc3C)ccc21. The van der Waals surface area contributed by atoms with Crippen LogP contribution in [0.3, 0.4) is 0 Å². The molecule has 8 nitrogen and oxygen atoms in total. The highest BCUT2D eigenvalue weighted by Gasteiger charge is 2.20. The third-order valence-corrected chi connectivity index (χ3v) is 11.7. The van der Waals surface area contributed by atoms with Gasteiger partial charge in [-0.2, -0.15) is 0 Å². The average Bonchev–Trinajstić information content (AvgIpc) is 3.76. The van der Waals surface area contributed by atoms with E-state index in [0.29, 0.717) is 59.2 Å². The number of aryl methyl sites for hydroxylation is 4. The molecular formula is C52H47N3O5. The first-order chi connectivity index (χ1) is 29.1. The number of nitrogens with zero attached hydrogens (tertiary/aromatic N) is 3. The molecule has 8 heteroatoms. The van der Waals surface area contributed by atoms with E-state index in [2.05, 4.69) is 40.3 Å². The fourth-order valence-electron chi connectivity index (χ4n) is 8.58. The second kappa shape index (κ2) is 16.7. The Balaban J connectivity index is 1.03. The van der Waals surface area contributed by atoms with E-state index in [9.17, 15) is 19.2 Å². The van der Waals surface area contributed by atoms with Crippen molar-refractivity contribution < 1.29 is 24.0 Å². The van der Waals surface area contributed by atoms with Crippen molar-refractivity contribution in [1.29, 1.82) is 0 Å². The maximum Gasteiger partial charge on any atom is 0.331 e. The zero-order valence-electron chi connectivity index (χ0n) is 34.7. The monoisotopic (exact) mass is 793 g/mol. The van der Waals surface area contributed by atoms with Crippen LogP contribution in [0.5, 0.6) is 0 Å². The Labute approximate surface area is 349 Å².